The molecule has 12 heavy (non-hydrogen) atoms. The van der Waals surface area contributed by atoms with E-state index in [4.69, 9.17) is 0 Å². The number of hydrogen-bond donors (Lipinski definition) is 0. The Balaban J connectivity index is 2.25. The molecule has 0 spiro atoms. The molecule has 66 valence electrons. The summed E-state index contributed by atoms with van der Waals surface area (Å²) in [6, 6.07) is 0. The van der Waals surface area contributed by atoms with E-state index in [1.807, 2.05) is 0 Å². The highest BCUT2D eigenvalue weighted by atomic mass is 14.4. The molecule has 3 atom stereocenters. The average Bonchev–Trinajstić information content (AvgIpc) is 2.29. The van der Waals surface area contributed by atoms with Gasteiger partial charge in [0.1, 0.15) is 0 Å². The van der Waals surface area contributed by atoms with Crippen LogP contribution < -0.4 is 0 Å². The van der Waals surface area contributed by atoms with Crippen LogP contribution in [0.25, 0.3) is 0 Å². The first-order chi connectivity index (χ1) is 5.79. The highest BCUT2D eigenvalue weighted by Crippen LogP contribution is 2.43. The zero-order valence-corrected chi connectivity index (χ0v) is 8.09. The van der Waals surface area contributed by atoms with Crippen molar-refractivity contribution >= 4 is 0 Å². The van der Waals surface area contributed by atoms with Crippen LogP contribution in [0.4, 0.5) is 0 Å². The Labute approximate surface area is 75.4 Å². The van der Waals surface area contributed by atoms with E-state index in [9.17, 15) is 0 Å². The fraction of sp³-hybridized carbons (Fsp3) is 0.667. The maximum Gasteiger partial charge on any atom is -0.0169 e. The van der Waals surface area contributed by atoms with Crippen molar-refractivity contribution in [3.05, 3.63) is 23.8 Å². The Bertz CT molecular complexity index is 222. The first kappa shape index (κ1) is 8.10. The van der Waals surface area contributed by atoms with Crippen molar-refractivity contribution < 1.29 is 0 Å². The van der Waals surface area contributed by atoms with Crippen LogP contribution in [-0.2, 0) is 0 Å². The minimum absolute atomic E-state index is 0.841. The monoisotopic (exact) mass is 162 g/mol. The van der Waals surface area contributed by atoms with Crippen LogP contribution in [0, 0.1) is 17.8 Å². The van der Waals surface area contributed by atoms with E-state index in [2.05, 4.69) is 32.1 Å². The number of rotatable bonds is 0. The van der Waals surface area contributed by atoms with E-state index in [0.717, 1.165) is 17.8 Å². The molecule has 0 aromatic heterocycles. The van der Waals surface area contributed by atoms with Crippen molar-refractivity contribution in [2.45, 2.75) is 33.1 Å². The fourth-order valence-corrected chi connectivity index (χ4v) is 2.84. The smallest absolute Gasteiger partial charge is 0.0169 e. The van der Waals surface area contributed by atoms with Gasteiger partial charge in [-0.15, -0.1) is 0 Å². The minimum atomic E-state index is 0.841. The van der Waals surface area contributed by atoms with Gasteiger partial charge in [0.05, 0.1) is 0 Å². The Kier molecular flexibility index (Phi) is 2.08. The first-order valence-electron chi connectivity index (χ1n) is 5.15. The molecule has 2 aliphatic carbocycles. The standard InChI is InChI=1S/C12H18/c1-9-8-10(2)12-7-5-3-4-6-11(9)12/h3-4,6,9-10,12H,5,7-8H2,1-2H3. The second-order valence-corrected chi connectivity index (χ2v) is 4.39. The number of allylic oxidation sites excluding steroid dienone is 4. The lowest BCUT2D eigenvalue weighted by molar-refractivity contribution is 0.431. The van der Waals surface area contributed by atoms with E-state index in [1.54, 1.807) is 5.57 Å². The molecule has 0 heterocycles. The van der Waals surface area contributed by atoms with E-state index in [0.29, 0.717) is 0 Å². The molecule has 0 aliphatic heterocycles. The molecular formula is C12H18. The molecule has 2 aliphatic rings. The Hall–Kier alpha value is -0.520. The van der Waals surface area contributed by atoms with Crippen molar-refractivity contribution in [3.63, 3.8) is 0 Å². The zero-order valence-electron chi connectivity index (χ0n) is 8.09. The molecule has 2 rings (SSSR count). The highest BCUT2D eigenvalue weighted by Gasteiger charge is 2.32. The summed E-state index contributed by atoms with van der Waals surface area (Å²) in [7, 11) is 0. The van der Waals surface area contributed by atoms with Crippen LogP contribution in [0.5, 0.6) is 0 Å². The second-order valence-electron chi connectivity index (χ2n) is 4.39. The molecule has 0 aromatic carbocycles. The summed E-state index contributed by atoms with van der Waals surface area (Å²) in [4.78, 5) is 0. The zero-order chi connectivity index (χ0) is 8.55. The second kappa shape index (κ2) is 3.08. The van der Waals surface area contributed by atoms with Crippen LogP contribution in [0.2, 0.25) is 0 Å². The summed E-state index contributed by atoms with van der Waals surface area (Å²) in [6.07, 6.45) is 11.0. The van der Waals surface area contributed by atoms with Crippen molar-refractivity contribution in [1.82, 2.24) is 0 Å². The molecule has 0 saturated heterocycles. The molecular weight excluding hydrogens is 144 g/mol. The molecule has 0 bridgehead atoms. The van der Waals surface area contributed by atoms with Gasteiger partial charge in [-0.2, -0.15) is 0 Å². The van der Waals surface area contributed by atoms with Crippen LogP contribution in [-0.4, -0.2) is 0 Å². The Morgan fingerprint density at radius 3 is 3.00 bits per heavy atom. The molecule has 0 nitrogen and oxygen atoms in total. The maximum atomic E-state index is 2.41. The summed E-state index contributed by atoms with van der Waals surface area (Å²) in [5.41, 5.74) is 1.72. The topological polar surface area (TPSA) is 0 Å². The predicted molar refractivity (Wildman–Crippen MR) is 52.9 cm³/mol. The summed E-state index contributed by atoms with van der Waals surface area (Å²) < 4.78 is 0. The maximum absolute atomic E-state index is 2.41. The molecule has 1 fully saturated rings. The largest absolute Gasteiger partial charge is 0.0845 e. The summed E-state index contributed by atoms with van der Waals surface area (Å²) >= 11 is 0. The molecule has 1 saturated carbocycles. The van der Waals surface area contributed by atoms with Crippen molar-refractivity contribution in [2.24, 2.45) is 17.8 Å². The third-order valence-corrected chi connectivity index (χ3v) is 3.48. The molecule has 0 aromatic rings. The fourth-order valence-electron chi connectivity index (χ4n) is 2.84. The van der Waals surface area contributed by atoms with E-state index >= 15 is 0 Å². The third kappa shape index (κ3) is 1.24. The quantitative estimate of drug-likeness (QED) is 0.511. The minimum Gasteiger partial charge on any atom is -0.0845 e. The SMILES string of the molecule is CC1CC(C)C2CCC=CC=C12. The van der Waals surface area contributed by atoms with Crippen molar-refractivity contribution in [1.29, 1.82) is 0 Å². The first-order valence-corrected chi connectivity index (χ1v) is 5.15. The third-order valence-electron chi connectivity index (χ3n) is 3.48. The lowest BCUT2D eigenvalue weighted by Crippen LogP contribution is -2.04. The van der Waals surface area contributed by atoms with Crippen LogP contribution >= 0.6 is 0 Å². The van der Waals surface area contributed by atoms with Gasteiger partial charge in [0.25, 0.3) is 0 Å². The van der Waals surface area contributed by atoms with Crippen molar-refractivity contribution in [3.8, 4) is 0 Å². The van der Waals surface area contributed by atoms with E-state index < -0.39 is 0 Å². The number of hydrogen-bond acceptors (Lipinski definition) is 0. The lowest BCUT2D eigenvalue weighted by Gasteiger charge is -2.15. The van der Waals surface area contributed by atoms with Gasteiger partial charge in [-0.1, -0.05) is 37.6 Å². The summed E-state index contributed by atoms with van der Waals surface area (Å²) in [5.74, 6) is 2.66. The van der Waals surface area contributed by atoms with Gasteiger partial charge in [0.2, 0.25) is 0 Å². The van der Waals surface area contributed by atoms with Gasteiger partial charge in [0, 0.05) is 0 Å². The number of fused-ring (bicyclic) bond motifs is 1. The van der Waals surface area contributed by atoms with Crippen LogP contribution in [0.15, 0.2) is 23.8 Å². The normalized spacial score (nSPS) is 40.5. The molecule has 0 N–H and O–H groups in total. The average molecular weight is 162 g/mol. The molecule has 3 unspecified atom stereocenters. The Morgan fingerprint density at radius 1 is 1.33 bits per heavy atom. The lowest BCUT2D eigenvalue weighted by atomic mass is 9.90. The summed E-state index contributed by atoms with van der Waals surface area (Å²) in [5, 5.41) is 0. The van der Waals surface area contributed by atoms with Gasteiger partial charge < -0.3 is 0 Å². The predicted octanol–water partition coefficient (Wildman–Crippen LogP) is 3.55. The Morgan fingerprint density at radius 2 is 2.17 bits per heavy atom. The summed E-state index contributed by atoms with van der Waals surface area (Å²) in [6.45, 7) is 4.79. The molecule has 0 amide bonds. The molecule has 0 radical (unpaired) electrons. The van der Waals surface area contributed by atoms with E-state index in [1.165, 1.54) is 19.3 Å². The van der Waals surface area contributed by atoms with Gasteiger partial charge in [-0.3, -0.25) is 0 Å². The van der Waals surface area contributed by atoms with Crippen LogP contribution in [0.1, 0.15) is 33.1 Å². The van der Waals surface area contributed by atoms with Crippen molar-refractivity contribution in [2.75, 3.05) is 0 Å². The highest BCUT2D eigenvalue weighted by molar-refractivity contribution is 5.24. The molecule has 0 heteroatoms. The van der Waals surface area contributed by atoms with E-state index in [-0.39, 0.29) is 0 Å². The van der Waals surface area contributed by atoms with Gasteiger partial charge >= 0.3 is 0 Å². The van der Waals surface area contributed by atoms with Gasteiger partial charge in [-0.05, 0) is 37.0 Å². The van der Waals surface area contributed by atoms with Crippen LogP contribution in [0.3, 0.4) is 0 Å². The van der Waals surface area contributed by atoms with Gasteiger partial charge in [-0.25, -0.2) is 0 Å². The van der Waals surface area contributed by atoms with Gasteiger partial charge in [0.15, 0.2) is 0 Å².